The Labute approximate surface area is 125 Å². The minimum Gasteiger partial charge on any atom is -0.469 e. The van der Waals surface area contributed by atoms with E-state index in [0.29, 0.717) is 0 Å². The summed E-state index contributed by atoms with van der Waals surface area (Å²) in [7, 11) is 1.07. The number of halogens is 1. The van der Waals surface area contributed by atoms with Crippen molar-refractivity contribution in [1.82, 2.24) is 10.2 Å². The summed E-state index contributed by atoms with van der Waals surface area (Å²) in [6.07, 6.45) is -6.43. The predicted octanol–water partition coefficient (Wildman–Crippen LogP) is -1.93. The average molecular weight is 322 g/mol. The van der Waals surface area contributed by atoms with Crippen molar-refractivity contribution in [2.24, 2.45) is 0 Å². The lowest BCUT2D eigenvalue weighted by atomic mass is 9.91. The van der Waals surface area contributed by atoms with Crippen LogP contribution >= 0.6 is 0 Å². The second-order valence-corrected chi connectivity index (χ2v) is 5.28. The van der Waals surface area contributed by atoms with Gasteiger partial charge in [-0.05, 0) is 0 Å². The van der Waals surface area contributed by atoms with Crippen molar-refractivity contribution in [2.45, 2.75) is 43.2 Å². The largest absolute Gasteiger partial charge is 0.469 e. The molecule has 0 bridgehead atoms. The van der Waals surface area contributed by atoms with Crippen LogP contribution in [0.15, 0.2) is 0 Å². The third-order valence-electron chi connectivity index (χ3n) is 3.86. The van der Waals surface area contributed by atoms with Crippen molar-refractivity contribution < 1.29 is 38.8 Å². The van der Waals surface area contributed by atoms with Crippen molar-refractivity contribution in [2.75, 3.05) is 20.3 Å². The molecular weight excluding hydrogens is 303 g/mol. The van der Waals surface area contributed by atoms with Crippen LogP contribution in [0.1, 0.15) is 12.8 Å². The fourth-order valence-electron chi connectivity index (χ4n) is 2.65. The third kappa shape index (κ3) is 2.86. The number of aliphatic hydroxyl groups is 3. The van der Waals surface area contributed by atoms with E-state index in [2.05, 4.69) is 10.1 Å². The maximum atomic E-state index is 15.2. The predicted molar refractivity (Wildman–Crippen MR) is 68.1 cm³/mol. The first-order chi connectivity index (χ1) is 10.3. The van der Waals surface area contributed by atoms with Crippen molar-refractivity contribution in [3.05, 3.63) is 0 Å². The van der Waals surface area contributed by atoms with Crippen LogP contribution in [-0.2, 0) is 14.3 Å². The summed E-state index contributed by atoms with van der Waals surface area (Å²) in [5.74, 6) is -0.925. The smallest absolute Gasteiger partial charge is 0.321 e. The van der Waals surface area contributed by atoms with Gasteiger partial charge in [0.2, 0.25) is 0 Å². The topological polar surface area (TPSA) is 129 Å². The number of carbonyl (C=O) groups excluding carboxylic acids is 2. The quantitative estimate of drug-likeness (QED) is 0.444. The number of aliphatic hydroxyl groups excluding tert-OH is 3. The molecule has 9 nitrogen and oxygen atoms in total. The molecule has 22 heavy (non-hydrogen) atoms. The summed E-state index contributed by atoms with van der Waals surface area (Å²) in [6.45, 7) is -0.710. The van der Waals surface area contributed by atoms with Crippen LogP contribution in [0, 0.1) is 0 Å². The molecule has 0 spiro atoms. The highest BCUT2D eigenvalue weighted by Crippen LogP contribution is 2.40. The standard InChI is InChI=1S/C12H19FN2O7/c1-21-8(18)4-12(13)9(19)6(5-16)22-10(12)15-3-2-7(17)14-11(15)20/h6-7,9-10,16-17,19H,2-5H2,1H3,(H,14,20)/t6?,7?,9-,10?,12-/m1/s1. The van der Waals surface area contributed by atoms with E-state index in [9.17, 15) is 19.8 Å². The molecular formula is C12H19FN2O7. The Balaban J connectivity index is 2.26. The molecule has 3 unspecified atom stereocenters. The number of carbonyl (C=O) groups is 2. The van der Waals surface area contributed by atoms with Gasteiger partial charge in [0.15, 0.2) is 11.9 Å². The molecule has 0 radical (unpaired) electrons. The number of urea groups is 1. The monoisotopic (exact) mass is 322 g/mol. The van der Waals surface area contributed by atoms with Crippen molar-refractivity contribution >= 4 is 12.0 Å². The Hall–Kier alpha value is -1.49. The maximum absolute atomic E-state index is 15.2. The molecule has 2 amide bonds. The molecule has 0 aromatic carbocycles. The molecule has 2 aliphatic rings. The van der Waals surface area contributed by atoms with Gasteiger partial charge in [0.1, 0.15) is 18.4 Å². The van der Waals surface area contributed by atoms with Gasteiger partial charge < -0.3 is 30.1 Å². The fraction of sp³-hybridized carbons (Fsp3) is 0.833. The van der Waals surface area contributed by atoms with Crippen LogP contribution in [0.5, 0.6) is 0 Å². The van der Waals surface area contributed by atoms with Gasteiger partial charge in [0, 0.05) is 13.0 Å². The average Bonchev–Trinajstić information content (AvgIpc) is 2.71. The first-order valence-electron chi connectivity index (χ1n) is 6.78. The Morgan fingerprint density at radius 3 is 2.82 bits per heavy atom. The number of hydrogen-bond donors (Lipinski definition) is 4. The molecule has 2 aliphatic heterocycles. The van der Waals surface area contributed by atoms with Crippen LogP contribution in [0.2, 0.25) is 0 Å². The number of hydrogen-bond acceptors (Lipinski definition) is 7. The van der Waals surface area contributed by atoms with Gasteiger partial charge in [0.05, 0.1) is 20.1 Å². The molecule has 0 saturated carbocycles. The van der Waals surface area contributed by atoms with Gasteiger partial charge in [0.25, 0.3) is 0 Å². The second-order valence-electron chi connectivity index (χ2n) is 5.28. The Kier molecular flexibility index (Phi) is 4.85. The summed E-state index contributed by atoms with van der Waals surface area (Å²) in [5.41, 5.74) is -2.62. The highest BCUT2D eigenvalue weighted by molar-refractivity contribution is 5.76. The SMILES string of the molecule is COC(=O)C[C@]1(F)C(N2CCC(O)NC2=O)OC(CO)[C@H]1O. The van der Waals surface area contributed by atoms with E-state index in [1.807, 2.05) is 0 Å². The minimum atomic E-state index is -2.62. The third-order valence-corrected chi connectivity index (χ3v) is 3.86. The molecule has 0 aliphatic carbocycles. The number of amides is 2. The van der Waals surface area contributed by atoms with Crippen molar-refractivity contribution in [3.63, 3.8) is 0 Å². The fourth-order valence-corrected chi connectivity index (χ4v) is 2.65. The van der Waals surface area contributed by atoms with Gasteiger partial charge in [-0.3, -0.25) is 9.69 Å². The van der Waals surface area contributed by atoms with E-state index in [-0.39, 0.29) is 13.0 Å². The molecule has 2 saturated heterocycles. The molecule has 2 rings (SSSR count). The maximum Gasteiger partial charge on any atom is 0.321 e. The Morgan fingerprint density at radius 2 is 2.27 bits per heavy atom. The summed E-state index contributed by atoms with van der Waals surface area (Å²) in [4.78, 5) is 24.2. The summed E-state index contributed by atoms with van der Waals surface area (Å²) in [6, 6.07) is -0.790. The molecule has 126 valence electrons. The van der Waals surface area contributed by atoms with Crippen molar-refractivity contribution in [3.8, 4) is 0 Å². The van der Waals surface area contributed by atoms with Crippen LogP contribution in [0.25, 0.3) is 0 Å². The number of esters is 1. The first kappa shape index (κ1) is 16.9. The van der Waals surface area contributed by atoms with E-state index >= 15 is 4.39 Å². The number of nitrogens with zero attached hydrogens (tertiary/aromatic N) is 1. The zero-order chi connectivity index (χ0) is 16.5. The zero-order valence-corrected chi connectivity index (χ0v) is 11.9. The number of methoxy groups -OCH3 is 1. The molecule has 10 heteroatoms. The van der Waals surface area contributed by atoms with E-state index in [1.165, 1.54) is 0 Å². The molecule has 0 aromatic heterocycles. The van der Waals surface area contributed by atoms with E-state index < -0.39 is 55.4 Å². The highest BCUT2D eigenvalue weighted by Gasteiger charge is 2.61. The zero-order valence-electron chi connectivity index (χ0n) is 11.9. The molecule has 2 fully saturated rings. The number of nitrogens with one attached hydrogen (secondary N) is 1. The van der Waals surface area contributed by atoms with Crippen LogP contribution < -0.4 is 5.32 Å². The van der Waals surface area contributed by atoms with Crippen LogP contribution in [0.4, 0.5) is 9.18 Å². The van der Waals surface area contributed by atoms with Gasteiger partial charge in [-0.25, -0.2) is 9.18 Å². The summed E-state index contributed by atoms with van der Waals surface area (Å²) >= 11 is 0. The second kappa shape index (κ2) is 6.32. The summed E-state index contributed by atoms with van der Waals surface area (Å²) < 4.78 is 24.9. The lowest BCUT2D eigenvalue weighted by Crippen LogP contribution is -2.61. The molecule has 0 aromatic rings. The lowest BCUT2D eigenvalue weighted by Gasteiger charge is -2.39. The lowest BCUT2D eigenvalue weighted by molar-refractivity contribution is -0.152. The molecule has 2 heterocycles. The first-order valence-corrected chi connectivity index (χ1v) is 6.78. The summed E-state index contributed by atoms with van der Waals surface area (Å²) in [5, 5.41) is 30.7. The van der Waals surface area contributed by atoms with E-state index in [4.69, 9.17) is 9.84 Å². The molecule has 4 N–H and O–H groups in total. The Morgan fingerprint density at radius 1 is 1.59 bits per heavy atom. The van der Waals surface area contributed by atoms with E-state index in [1.54, 1.807) is 0 Å². The molecule has 5 atom stereocenters. The highest BCUT2D eigenvalue weighted by atomic mass is 19.1. The number of ether oxygens (including phenoxy) is 2. The van der Waals surface area contributed by atoms with Crippen LogP contribution in [0.3, 0.4) is 0 Å². The van der Waals surface area contributed by atoms with E-state index in [0.717, 1.165) is 12.0 Å². The van der Waals surface area contributed by atoms with Gasteiger partial charge in [-0.2, -0.15) is 0 Å². The van der Waals surface area contributed by atoms with Crippen LogP contribution in [-0.4, -0.2) is 82.8 Å². The van der Waals surface area contributed by atoms with Gasteiger partial charge in [-0.15, -0.1) is 0 Å². The number of alkyl halides is 1. The Bertz CT molecular complexity index is 451. The van der Waals surface area contributed by atoms with Crippen molar-refractivity contribution in [1.29, 1.82) is 0 Å². The van der Waals surface area contributed by atoms with Gasteiger partial charge >= 0.3 is 12.0 Å². The normalized spacial score (nSPS) is 38.8. The number of rotatable bonds is 4. The minimum absolute atomic E-state index is 0.0324. The van der Waals surface area contributed by atoms with Gasteiger partial charge in [-0.1, -0.05) is 0 Å².